The molecule has 0 radical (unpaired) electrons. The second kappa shape index (κ2) is 7.90. The minimum absolute atomic E-state index is 0.0821. The van der Waals surface area contributed by atoms with Crippen molar-refractivity contribution in [1.82, 2.24) is 19.7 Å². The number of hydrogen-bond donors (Lipinski definition) is 0. The van der Waals surface area contributed by atoms with Crippen LogP contribution in [0.1, 0.15) is 16.7 Å². The van der Waals surface area contributed by atoms with Crippen LogP contribution in [-0.4, -0.2) is 34.0 Å². The maximum Gasteiger partial charge on any atom is 0.416 e. The lowest BCUT2D eigenvalue weighted by atomic mass is 10.0. The minimum atomic E-state index is -4.47. The van der Waals surface area contributed by atoms with Gasteiger partial charge in [0.1, 0.15) is 17.0 Å². The molecule has 0 bridgehead atoms. The lowest BCUT2D eigenvalue weighted by molar-refractivity contribution is -0.137. The topological polar surface area (TPSA) is 62.1 Å². The maximum absolute atomic E-state index is 13.1. The first-order valence-corrected chi connectivity index (χ1v) is 9.38. The monoisotopic (exact) mass is 428 g/mol. The van der Waals surface area contributed by atoms with Crippen molar-refractivity contribution in [1.29, 1.82) is 0 Å². The molecule has 0 saturated heterocycles. The van der Waals surface area contributed by atoms with Gasteiger partial charge < -0.3 is 9.47 Å². The van der Waals surface area contributed by atoms with Gasteiger partial charge in [0.15, 0.2) is 5.65 Å². The quantitative estimate of drug-likeness (QED) is 0.453. The zero-order valence-corrected chi connectivity index (χ0v) is 17.1. The fourth-order valence-electron chi connectivity index (χ4n) is 3.37. The first kappa shape index (κ1) is 20.6. The zero-order valence-electron chi connectivity index (χ0n) is 17.1. The van der Waals surface area contributed by atoms with E-state index in [0.717, 1.165) is 23.4 Å². The van der Waals surface area contributed by atoms with Crippen molar-refractivity contribution >= 4 is 11.2 Å². The number of halogens is 3. The number of aromatic nitrogens is 4. The summed E-state index contributed by atoms with van der Waals surface area (Å²) in [5.41, 5.74) is 2.46. The van der Waals surface area contributed by atoms with Crippen LogP contribution in [0.25, 0.3) is 22.4 Å². The largest absolute Gasteiger partial charge is 0.497 e. The van der Waals surface area contributed by atoms with E-state index in [-0.39, 0.29) is 5.75 Å². The van der Waals surface area contributed by atoms with Crippen LogP contribution < -0.4 is 9.47 Å². The molecule has 31 heavy (non-hydrogen) atoms. The number of methoxy groups -OCH3 is 2. The van der Waals surface area contributed by atoms with Crippen molar-refractivity contribution in [2.75, 3.05) is 14.2 Å². The van der Waals surface area contributed by atoms with Crippen molar-refractivity contribution in [3.05, 3.63) is 65.5 Å². The molecule has 2 aromatic heterocycles. The molecule has 2 heterocycles. The minimum Gasteiger partial charge on any atom is -0.497 e. The smallest absolute Gasteiger partial charge is 0.416 e. The van der Waals surface area contributed by atoms with E-state index in [2.05, 4.69) is 15.1 Å². The van der Waals surface area contributed by atoms with E-state index in [1.165, 1.54) is 13.3 Å². The molecular formula is C22H19F3N4O2. The molecule has 0 spiro atoms. The second-order valence-corrected chi connectivity index (χ2v) is 7.01. The van der Waals surface area contributed by atoms with Gasteiger partial charge in [-0.1, -0.05) is 12.1 Å². The summed E-state index contributed by atoms with van der Waals surface area (Å²) in [7, 11) is 2.94. The first-order chi connectivity index (χ1) is 14.8. The van der Waals surface area contributed by atoms with E-state index >= 15 is 0 Å². The van der Waals surface area contributed by atoms with Crippen molar-refractivity contribution in [2.24, 2.45) is 0 Å². The molecule has 0 amide bonds. The van der Waals surface area contributed by atoms with Crippen LogP contribution in [0.2, 0.25) is 0 Å². The highest BCUT2D eigenvalue weighted by atomic mass is 19.4. The molecule has 160 valence electrons. The number of rotatable bonds is 5. The average Bonchev–Trinajstić information content (AvgIpc) is 3.14. The Morgan fingerprint density at radius 2 is 1.77 bits per heavy atom. The van der Waals surface area contributed by atoms with Crippen LogP contribution >= 0.6 is 0 Å². The first-order valence-electron chi connectivity index (χ1n) is 9.38. The third kappa shape index (κ3) is 4.16. The highest BCUT2D eigenvalue weighted by Gasteiger charge is 2.32. The third-order valence-electron chi connectivity index (χ3n) is 4.88. The van der Waals surface area contributed by atoms with E-state index < -0.39 is 11.7 Å². The van der Waals surface area contributed by atoms with E-state index in [1.54, 1.807) is 24.9 Å². The molecule has 0 aliphatic carbocycles. The average molecular weight is 428 g/mol. The van der Waals surface area contributed by atoms with Crippen LogP contribution in [0, 0.1) is 6.92 Å². The molecule has 6 nitrogen and oxygen atoms in total. The predicted octanol–water partition coefficient (Wildman–Crippen LogP) is 4.89. The van der Waals surface area contributed by atoms with Gasteiger partial charge in [0, 0.05) is 5.56 Å². The Hall–Kier alpha value is -3.62. The van der Waals surface area contributed by atoms with E-state index in [0.29, 0.717) is 34.5 Å². The summed E-state index contributed by atoms with van der Waals surface area (Å²) in [5, 5.41) is 4.47. The number of nitrogens with zero attached hydrogens (tertiary/aromatic N) is 4. The Kier molecular flexibility index (Phi) is 5.26. The highest BCUT2D eigenvalue weighted by molar-refractivity contribution is 5.77. The molecule has 0 unspecified atom stereocenters. The van der Waals surface area contributed by atoms with E-state index in [9.17, 15) is 13.2 Å². The molecule has 9 heteroatoms. The van der Waals surface area contributed by atoms with Crippen molar-refractivity contribution in [3.8, 4) is 22.8 Å². The lowest BCUT2D eigenvalue weighted by Gasteiger charge is -2.15. The van der Waals surface area contributed by atoms with Crippen molar-refractivity contribution in [2.45, 2.75) is 19.6 Å². The molecular weight excluding hydrogens is 409 g/mol. The number of fused-ring (bicyclic) bond motifs is 1. The van der Waals surface area contributed by atoms with Crippen molar-refractivity contribution < 1.29 is 22.6 Å². The molecule has 0 aliphatic heterocycles. The number of benzene rings is 2. The fraction of sp³-hybridized carbons (Fsp3) is 0.227. The van der Waals surface area contributed by atoms with Crippen LogP contribution in [0.15, 0.2) is 48.8 Å². The Morgan fingerprint density at radius 3 is 2.42 bits per heavy atom. The zero-order chi connectivity index (χ0) is 22.2. The number of ether oxygens (including phenoxy) is 2. The second-order valence-electron chi connectivity index (χ2n) is 7.01. The molecule has 0 atom stereocenters. The standard InChI is InChI=1S/C22H19F3N4O2/c1-13-8-15(22(23,24)25)9-19(31-3)20(13)17-10-26-18-12-29(28-21(18)27-17)11-14-4-6-16(30-2)7-5-14/h4-10,12H,11H2,1-3H3. The summed E-state index contributed by atoms with van der Waals surface area (Å²) < 4.78 is 51.5. The van der Waals surface area contributed by atoms with Crippen LogP contribution in [0.4, 0.5) is 13.2 Å². The molecule has 4 aromatic rings. The lowest BCUT2D eigenvalue weighted by Crippen LogP contribution is -2.07. The van der Waals surface area contributed by atoms with Gasteiger partial charge in [-0.15, -0.1) is 0 Å². The molecule has 2 aromatic carbocycles. The van der Waals surface area contributed by atoms with Crippen LogP contribution in [0.5, 0.6) is 11.5 Å². The number of alkyl halides is 3. The third-order valence-corrected chi connectivity index (χ3v) is 4.88. The molecule has 0 saturated carbocycles. The van der Waals surface area contributed by atoms with Gasteiger partial charge in [-0.2, -0.15) is 18.3 Å². The van der Waals surface area contributed by atoms with Crippen LogP contribution in [-0.2, 0) is 12.7 Å². The van der Waals surface area contributed by atoms with Crippen molar-refractivity contribution in [3.63, 3.8) is 0 Å². The number of hydrogen-bond acceptors (Lipinski definition) is 5. The summed E-state index contributed by atoms with van der Waals surface area (Å²) >= 11 is 0. The molecule has 0 N–H and O–H groups in total. The Balaban J connectivity index is 1.69. The van der Waals surface area contributed by atoms with Gasteiger partial charge in [-0.05, 0) is 42.3 Å². The van der Waals surface area contributed by atoms with Gasteiger partial charge >= 0.3 is 6.18 Å². The van der Waals surface area contributed by atoms with Gasteiger partial charge in [-0.3, -0.25) is 4.68 Å². The SMILES string of the molecule is COc1ccc(Cn2cc3ncc(-c4c(C)cc(C(F)(F)F)cc4OC)nc3n2)cc1. The molecule has 0 fully saturated rings. The summed E-state index contributed by atoms with van der Waals surface area (Å²) in [6, 6.07) is 9.66. The summed E-state index contributed by atoms with van der Waals surface area (Å²) in [6.07, 6.45) is -1.18. The summed E-state index contributed by atoms with van der Waals surface area (Å²) in [5.74, 6) is 0.849. The van der Waals surface area contributed by atoms with Gasteiger partial charge in [0.25, 0.3) is 0 Å². The maximum atomic E-state index is 13.1. The highest BCUT2D eigenvalue weighted by Crippen LogP contribution is 2.39. The Bertz CT molecular complexity index is 1230. The fourth-order valence-corrected chi connectivity index (χ4v) is 3.37. The van der Waals surface area contributed by atoms with Crippen LogP contribution in [0.3, 0.4) is 0 Å². The van der Waals surface area contributed by atoms with Gasteiger partial charge in [-0.25, -0.2) is 9.97 Å². The van der Waals surface area contributed by atoms with Gasteiger partial charge in [0.05, 0.1) is 44.4 Å². The predicted molar refractivity (Wildman–Crippen MR) is 109 cm³/mol. The Morgan fingerprint density at radius 1 is 1.03 bits per heavy atom. The summed E-state index contributed by atoms with van der Waals surface area (Å²) in [4.78, 5) is 8.91. The summed E-state index contributed by atoms with van der Waals surface area (Å²) in [6.45, 7) is 2.10. The van der Waals surface area contributed by atoms with E-state index in [1.807, 2.05) is 24.3 Å². The Labute approximate surface area is 176 Å². The molecule has 0 aliphatic rings. The number of aryl methyl sites for hydroxylation is 1. The van der Waals surface area contributed by atoms with Gasteiger partial charge in [0.2, 0.25) is 0 Å². The normalized spacial score (nSPS) is 11.7. The van der Waals surface area contributed by atoms with E-state index in [4.69, 9.17) is 9.47 Å². The molecule has 4 rings (SSSR count).